The van der Waals surface area contributed by atoms with Crippen LogP contribution in [0.4, 0.5) is 0 Å². The molecule has 0 saturated heterocycles. The highest BCUT2D eigenvalue weighted by Gasteiger charge is 2.22. The van der Waals surface area contributed by atoms with Gasteiger partial charge in [-0.05, 0) is 31.0 Å². The first-order chi connectivity index (χ1) is 7.99. The lowest BCUT2D eigenvalue weighted by molar-refractivity contribution is 0.0939. The maximum atomic E-state index is 11.9. The van der Waals surface area contributed by atoms with Gasteiger partial charge >= 0.3 is 0 Å². The van der Waals surface area contributed by atoms with Crippen molar-refractivity contribution in [2.75, 3.05) is 0 Å². The van der Waals surface area contributed by atoms with E-state index in [1.165, 1.54) is 11.1 Å². The third kappa shape index (κ3) is 2.42. The number of benzene rings is 1. The Morgan fingerprint density at radius 2 is 1.76 bits per heavy atom. The van der Waals surface area contributed by atoms with Crippen LogP contribution in [0.15, 0.2) is 18.2 Å². The molecule has 0 aliphatic carbocycles. The summed E-state index contributed by atoms with van der Waals surface area (Å²) in [6, 6.07) is 6.74. The minimum Gasteiger partial charge on any atom is -0.294 e. The number of fused-ring (bicyclic) bond motifs is 1. The summed E-state index contributed by atoms with van der Waals surface area (Å²) in [7, 11) is 0. The van der Waals surface area contributed by atoms with Gasteiger partial charge in [0.2, 0.25) is 0 Å². The van der Waals surface area contributed by atoms with Gasteiger partial charge in [-0.15, -0.1) is 0 Å². The molecule has 92 valence electrons. The van der Waals surface area contributed by atoms with Crippen molar-refractivity contribution in [2.45, 2.75) is 46.8 Å². The highest BCUT2D eigenvalue weighted by molar-refractivity contribution is 5.97. The first-order valence-corrected chi connectivity index (χ1v) is 6.39. The Bertz CT molecular complexity index is 435. The van der Waals surface area contributed by atoms with E-state index >= 15 is 0 Å². The van der Waals surface area contributed by atoms with E-state index in [2.05, 4.69) is 30.9 Å². The average Bonchev–Trinajstić information content (AvgIpc) is 2.70. The molecular formula is C15H21NO. The Kier molecular flexibility index (Phi) is 3.34. The Morgan fingerprint density at radius 1 is 1.12 bits per heavy atom. The monoisotopic (exact) mass is 231 g/mol. The molecular weight excluding hydrogens is 210 g/mol. The number of rotatable bonds is 3. The van der Waals surface area contributed by atoms with Crippen LogP contribution in [0.2, 0.25) is 0 Å². The van der Waals surface area contributed by atoms with E-state index in [9.17, 15) is 4.79 Å². The molecule has 0 aromatic heterocycles. The van der Waals surface area contributed by atoms with E-state index in [0.29, 0.717) is 6.04 Å². The molecule has 1 aromatic rings. The largest absolute Gasteiger partial charge is 0.294 e. The predicted octanol–water partition coefficient (Wildman–Crippen LogP) is 3.25. The van der Waals surface area contributed by atoms with Crippen molar-refractivity contribution in [3.8, 4) is 0 Å². The van der Waals surface area contributed by atoms with Crippen LogP contribution in [0, 0.1) is 5.92 Å². The average molecular weight is 231 g/mol. The molecule has 0 unspecified atom stereocenters. The van der Waals surface area contributed by atoms with Gasteiger partial charge in [0.25, 0.3) is 0 Å². The second-order valence-electron chi connectivity index (χ2n) is 5.50. The van der Waals surface area contributed by atoms with Gasteiger partial charge in [0.1, 0.15) is 0 Å². The van der Waals surface area contributed by atoms with Gasteiger partial charge in [-0.2, -0.15) is 0 Å². The first kappa shape index (κ1) is 12.3. The van der Waals surface area contributed by atoms with Crippen LogP contribution < -0.4 is 0 Å². The molecule has 0 spiro atoms. The summed E-state index contributed by atoms with van der Waals surface area (Å²) in [5, 5.41) is 0. The van der Waals surface area contributed by atoms with Crippen molar-refractivity contribution >= 4 is 5.78 Å². The number of carbonyl (C=O) groups is 1. The van der Waals surface area contributed by atoms with Crippen molar-refractivity contribution in [1.29, 1.82) is 0 Å². The van der Waals surface area contributed by atoms with E-state index in [1.807, 2.05) is 19.9 Å². The molecule has 0 amide bonds. The fraction of sp³-hybridized carbons (Fsp3) is 0.533. The summed E-state index contributed by atoms with van der Waals surface area (Å²) < 4.78 is 0. The van der Waals surface area contributed by atoms with Crippen molar-refractivity contribution < 1.29 is 4.79 Å². The van der Waals surface area contributed by atoms with E-state index < -0.39 is 0 Å². The van der Waals surface area contributed by atoms with Crippen LogP contribution in [-0.4, -0.2) is 16.7 Å². The van der Waals surface area contributed by atoms with Crippen LogP contribution >= 0.6 is 0 Å². The normalized spacial score (nSPS) is 15.6. The molecule has 0 saturated carbocycles. The molecule has 1 aliphatic heterocycles. The summed E-state index contributed by atoms with van der Waals surface area (Å²) in [5.41, 5.74) is 3.56. The third-order valence-electron chi connectivity index (χ3n) is 3.49. The zero-order valence-electron chi connectivity index (χ0n) is 11.2. The van der Waals surface area contributed by atoms with Crippen LogP contribution in [-0.2, 0) is 13.1 Å². The van der Waals surface area contributed by atoms with Gasteiger partial charge in [-0.25, -0.2) is 0 Å². The second-order valence-corrected chi connectivity index (χ2v) is 5.50. The van der Waals surface area contributed by atoms with Gasteiger partial charge in [0, 0.05) is 30.6 Å². The summed E-state index contributed by atoms with van der Waals surface area (Å²) >= 11 is 0. The Balaban J connectivity index is 2.24. The SMILES string of the molecule is CC(C)C(=O)c1ccc2c(c1)CN(C(C)C)C2. The van der Waals surface area contributed by atoms with Crippen LogP contribution in [0.5, 0.6) is 0 Å². The van der Waals surface area contributed by atoms with Gasteiger partial charge in [0.05, 0.1) is 0 Å². The Morgan fingerprint density at radius 3 is 2.35 bits per heavy atom. The molecule has 0 fully saturated rings. The molecule has 0 atom stereocenters. The molecule has 1 aliphatic rings. The maximum Gasteiger partial charge on any atom is 0.165 e. The third-order valence-corrected chi connectivity index (χ3v) is 3.49. The number of carbonyl (C=O) groups excluding carboxylic acids is 1. The zero-order chi connectivity index (χ0) is 12.6. The summed E-state index contributed by atoms with van der Waals surface area (Å²) in [4.78, 5) is 14.4. The van der Waals surface area contributed by atoms with Gasteiger partial charge in [0.15, 0.2) is 5.78 Å². The predicted molar refractivity (Wildman–Crippen MR) is 70.0 cm³/mol. The fourth-order valence-electron chi connectivity index (χ4n) is 2.27. The number of Topliss-reactive ketones (excluding diaryl/α,β-unsaturated/α-hetero) is 1. The number of nitrogens with zero attached hydrogens (tertiary/aromatic N) is 1. The minimum absolute atomic E-state index is 0.0793. The molecule has 0 bridgehead atoms. The number of hydrogen-bond donors (Lipinski definition) is 0. The zero-order valence-corrected chi connectivity index (χ0v) is 11.2. The number of ketones is 1. The maximum absolute atomic E-state index is 11.9. The van der Waals surface area contributed by atoms with Gasteiger partial charge in [-0.3, -0.25) is 9.69 Å². The summed E-state index contributed by atoms with van der Waals surface area (Å²) in [6.45, 7) is 10.3. The lowest BCUT2D eigenvalue weighted by atomic mass is 9.98. The van der Waals surface area contributed by atoms with Crippen molar-refractivity contribution in [1.82, 2.24) is 4.90 Å². The molecule has 0 radical (unpaired) electrons. The van der Waals surface area contributed by atoms with Crippen molar-refractivity contribution in [3.63, 3.8) is 0 Å². The topological polar surface area (TPSA) is 20.3 Å². The smallest absolute Gasteiger partial charge is 0.165 e. The molecule has 17 heavy (non-hydrogen) atoms. The Labute approximate surface area is 104 Å². The quantitative estimate of drug-likeness (QED) is 0.744. The molecule has 2 heteroatoms. The fourth-order valence-corrected chi connectivity index (χ4v) is 2.27. The van der Waals surface area contributed by atoms with E-state index in [0.717, 1.165) is 18.7 Å². The highest BCUT2D eigenvalue weighted by Crippen LogP contribution is 2.26. The number of hydrogen-bond acceptors (Lipinski definition) is 2. The highest BCUT2D eigenvalue weighted by atomic mass is 16.1. The molecule has 0 N–H and O–H groups in total. The van der Waals surface area contributed by atoms with Crippen molar-refractivity contribution in [3.05, 3.63) is 34.9 Å². The van der Waals surface area contributed by atoms with Gasteiger partial charge in [-0.1, -0.05) is 26.0 Å². The molecule has 1 aromatic carbocycles. The molecule has 2 rings (SSSR count). The Hall–Kier alpha value is -1.15. The van der Waals surface area contributed by atoms with Crippen LogP contribution in [0.3, 0.4) is 0 Å². The summed E-state index contributed by atoms with van der Waals surface area (Å²) in [5.74, 6) is 0.325. The summed E-state index contributed by atoms with van der Waals surface area (Å²) in [6.07, 6.45) is 0. The van der Waals surface area contributed by atoms with E-state index in [-0.39, 0.29) is 11.7 Å². The van der Waals surface area contributed by atoms with E-state index in [4.69, 9.17) is 0 Å². The molecule has 1 heterocycles. The van der Waals surface area contributed by atoms with Crippen LogP contribution in [0.25, 0.3) is 0 Å². The van der Waals surface area contributed by atoms with Gasteiger partial charge < -0.3 is 0 Å². The van der Waals surface area contributed by atoms with Crippen LogP contribution in [0.1, 0.15) is 49.2 Å². The second kappa shape index (κ2) is 4.61. The van der Waals surface area contributed by atoms with E-state index in [1.54, 1.807) is 0 Å². The molecule has 2 nitrogen and oxygen atoms in total. The lowest BCUT2D eigenvalue weighted by Gasteiger charge is -2.18. The standard InChI is InChI=1S/C15H21NO/c1-10(2)15(17)12-5-6-13-8-16(11(3)4)9-14(13)7-12/h5-7,10-11H,8-9H2,1-4H3. The first-order valence-electron chi connectivity index (χ1n) is 6.39. The minimum atomic E-state index is 0.0793. The lowest BCUT2D eigenvalue weighted by Crippen LogP contribution is -2.24. The van der Waals surface area contributed by atoms with Crippen molar-refractivity contribution in [2.24, 2.45) is 5.92 Å².